The molecule has 0 radical (unpaired) electrons. The van der Waals surface area contributed by atoms with Crippen molar-refractivity contribution in [3.05, 3.63) is 59.4 Å². The third-order valence-corrected chi connectivity index (χ3v) is 4.92. The van der Waals surface area contributed by atoms with Crippen LogP contribution >= 0.6 is 0 Å². The molecule has 1 amide bonds. The third-order valence-electron chi connectivity index (χ3n) is 3.50. The van der Waals surface area contributed by atoms with E-state index in [2.05, 4.69) is 10.1 Å². The van der Waals surface area contributed by atoms with Crippen molar-refractivity contribution in [1.82, 2.24) is 10.0 Å². The average molecular weight is 420 g/mol. The first kappa shape index (κ1) is 21.6. The number of ether oxygens (including phenoxy) is 1. The molecule has 11 heteroatoms. The van der Waals surface area contributed by atoms with Crippen LogP contribution in [0.3, 0.4) is 0 Å². The van der Waals surface area contributed by atoms with Crippen LogP contribution in [0.4, 0.5) is 17.6 Å². The summed E-state index contributed by atoms with van der Waals surface area (Å²) in [6.07, 6.45) is -4.89. The number of amides is 1. The lowest BCUT2D eigenvalue weighted by molar-refractivity contribution is -0.274. The minimum atomic E-state index is -4.89. The number of nitrogens with one attached hydrogen (secondary N) is 2. The highest BCUT2D eigenvalue weighted by molar-refractivity contribution is 7.89. The maximum Gasteiger partial charge on any atom is 0.573 e. The lowest BCUT2D eigenvalue weighted by Gasteiger charge is -2.10. The van der Waals surface area contributed by atoms with Gasteiger partial charge in [-0.3, -0.25) is 4.79 Å². The van der Waals surface area contributed by atoms with E-state index in [0.29, 0.717) is 11.1 Å². The number of benzene rings is 2. The smallest absolute Gasteiger partial charge is 0.406 e. The van der Waals surface area contributed by atoms with E-state index in [4.69, 9.17) is 0 Å². The van der Waals surface area contributed by atoms with E-state index < -0.39 is 34.6 Å². The van der Waals surface area contributed by atoms with Crippen LogP contribution in [0, 0.1) is 12.7 Å². The first-order valence-electron chi connectivity index (χ1n) is 7.83. The Morgan fingerprint density at radius 2 is 1.75 bits per heavy atom. The number of sulfonamides is 1. The Balaban J connectivity index is 1.89. The van der Waals surface area contributed by atoms with Gasteiger partial charge in [0.25, 0.3) is 0 Å². The second-order valence-corrected chi connectivity index (χ2v) is 7.47. The van der Waals surface area contributed by atoms with Gasteiger partial charge in [-0.1, -0.05) is 12.1 Å². The van der Waals surface area contributed by atoms with Crippen LogP contribution in [-0.2, 0) is 21.4 Å². The molecule has 0 bridgehead atoms. The second kappa shape index (κ2) is 8.57. The van der Waals surface area contributed by atoms with Gasteiger partial charge in [-0.25, -0.2) is 17.5 Å². The summed E-state index contributed by atoms with van der Waals surface area (Å²) in [5, 5.41) is 2.47. The largest absolute Gasteiger partial charge is 0.573 e. The van der Waals surface area contributed by atoms with Gasteiger partial charge in [0.2, 0.25) is 15.9 Å². The van der Waals surface area contributed by atoms with Crippen molar-refractivity contribution in [2.24, 2.45) is 0 Å². The van der Waals surface area contributed by atoms with E-state index >= 15 is 0 Å². The van der Waals surface area contributed by atoms with Crippen molar-refractivity contribution in [2.45, 2.75) is 24.7 Å². The lowest BCUT2D eigenvalue weighted by Crippen LogP contribution is -2.36. The molecule has 0 aliphatic carbocycles. The van der Waals surface area contributed by atoms with Gasteiger partial charge in [0.15, 0.2) is 0 Å². The summed E-state index contributed by atoms with van der Waals surface area (Å²) in [6.45, 7) is 1.06. The number of hydrogen-bond donors (Lipinski definition) is 2. The molecular formula is C17H16F4N2O4S. The van der Waals surface area contributed by atoms with E-state index in [1.54, 1.807) is 13.0 Å². The first-order valence-corrected chi connectivity index (χ1v) is 9.32. The third kappa shape index (κ3) is 6.50. The van der Waals surface area contributed by atoms with E-state index in [0.717, 1.165) is 24.3 Å². The lowest BCUT2D eigenvalue weighted by atomic mass is 10.1. The Morgan fingerprint density at radius 1 is 1.11 bits per heavy atom. The summed E-state index contributed by atoms with van der Waals surface area (Å²) in [5.74, 6) is -1.59. The highest BCUT2D eigenvalue weighted by Crippen LogP contribution is 2.23. The molecule has 6 nitrogen and oxygen atoms in total. The summed E-state index contributed by atoms with van der Waals surface area (Å²) in [5.41, 5.74) is 1.04. The minimum Gasteiger partial charge on any atom is -0.406 e. The molecule has 0 atom stereocenters. The highest BCUT2D eigenvalue weighted by Gasteiger charge is 2.31. The number of aryl methyl sites for hydroxylation is 1. The van der Waals surface area contributed by atoms with Crippen molar-refractivity contribution in [1.29, 1.82) is 0 Å². The van der Waals surface area contributed by atoms with Gasteiger partial charge in [0.05, 0.1) is 11.4 Å². The Kier molecular flexibility index (Phi) is 6.62. The number of rotatable bonds is 7. The monoisotopic (exact) mass is 420 g/mol. The van der Waals surface area contributed by atoms with Crippen LogP contribution in [0.2, 0.25) is 0 Å². The molecule has 0 saturated carbocycles. The Morgan fingerprint density at radius 3 is 2.32 bits per heavy atom. The van der Waals surface area contributed by atoms with Gasteiger partial charge >= 0.3 is 6.36 Å². The predicted octanol–water partition coefficient (Wildman–Crippen LogP) is 2.63. The molecule has 0 aliphatic heterocycles. The molecule has 2 aromatic carbocycles. The summed E-state index contributed by atoms with van der Waals surface area (Å²) in [6, 6.07) is 7.82. The molecule has 0 unspecified atom stereocenters. The number of carbonyl (C=O) groups excluding carboxylic acids is 1. The molecule has 0 fully saturated rings. The molecule has 0 spiro atoms. The normalized spacial score (nSPS) is 11.9. The standard InChI is InChI=1S/C17H16F4N2O4S/c1-11-8-12(2-7-15(11)18)9-22-16(24)10-23-28(25,26)14-5-3-13(4-6-14)27-17(19,20)21/h2-8,23H,9-10H2,1H3,(H,22,24). The fourth-order valence-corrected chi connectivity index (χ4v) is 3.13. The number of hydrogen-bond acceptors (Lipinski definition) is 4. The van der Waals surface area contributed by atoms with Gasteiger partial charge in [-0.2, -0.15) is 0 Å². The zero-order valence-corrected chi connectivity index (χ0v) is 15.3. The topological polar surface area (TPSA) is 84.5 Å². The number of carbonyl (C=O) groups is 1. The van der Waals surface area contributed by atoms with Gasteiger partial charge in [0, 0.05) is 6.54 Å². The van der Waals surface area contributed by atoms with Crippen LogP contribution in [0.1, 0.15) is 11.1 Å². The molecular weight excluding hydrogens is 404 g/mol. The molecule has 2 aromatic rings. The Labute approximate surface area is 158 Å². The fraction of sp³-hybridized carbons (Fsp3) is 0.235. The average Bonchev–Trinajstić information content (AvgIpc) is 2.60. The van der Waals surface area contributed by atoms with Gasteiger partial charge in [-0.05, 0) is 48.4 Å². The van der Waals surface area contributed by atoms with Gasteiger partial charge in [0.1, 0.15) is 11.6 Å². The van der Waals surface area contributed by atoms with Gasteiger partial charge < -0.3 is 10.1 Å². The summed E-state index contributed by atoms with van der Waals surface area (Å²) < 4.78 is 79.4. The molecule has 0 aromatic heterocycles. The summed E-state index contributed by atoms with van der Waals surface area (Å²) >= 11 is 0. The Bertz CT molecular complexity index is 945. The molecule has 0 heterocycles. The highest BCUT2D eigenvalue weighted by atomic mass is 32.2. The molecule has 28 heavy (non-hydrogen) atoms. The number of halogens is 4. The maximum atomic E-state index is 13.2. The molecule has 0 saturated heterocycles. The number of alkyl halides is 3. The molecule has 0 aliphatic rings. The van der Waals surface area contributed by atoms with Crippen molar-refractivity contribution >= 4 is 15.9 Å². The summed E-state index contributed by atoms with van der Waals surface area (Å²) in [4.78, 5) is 11.5. The van der Waals surface area contributed by atoms with E-state index in [1.807, 2.05) is 4.72 Å². The van der Waals surface area contributed by atoms with E-state index in [9.17, 15) is 30.8 Å². The SMILES string of the molecule is Cc1cc(CNC(=O)CNS(=O)(=O)c2ccc(OC(F)(F)F)cc2)ccc1F. The van der Waals surface area contributed by atoms with E-state index in [-0.39, 0.29) is 17.3 Å². The van der Waals surface area contributed by atoms with E-state index in [1.165, 1.54) is 12.1 Å². The zero-order chi connectivity index (χ0) is 20.9. The van der Waals surface area contributed by atoms with Crippen LogP contribution < -0.4 is 14.8 Å². The van der Waals surface area contributed by atoms with Crippen LogP contribution in [0.15, 0.2) is 47.4 Å². The second-order valence-electron chi connectivity index (χ2n) is 5.70. The van der Waals surface area contributed by atoms with Crippen molar-refractivity contribution in [2.75, 3.05) is 6.54 Å². The van der Waals surface area contributed by atoms with Crippen LogP contribution in [0.5, 0.6) is 5.75 Å². The molecule has 152 valence electrons. The van der Waals surface area contributed by atoms with Crippen LogP contribution in [-0.4, -0.2) is 27.2 Å². The quantitative estimate of drug-likeness (QED) is 0.675. The van der Waals surface area contributed by atoms with Crippen LogP contribution in [0.25, 0.3) is 0 Å². The van der Waals surface area contributed by atoms with Gasteiger partial charge in [-0.15, -0.1) is 13.2 Å². The minimum absolute atomic E-state index is 0.0746. The summed E-state index contributed by atoms with van der Waals surface area (Å²) in [7, 11) is -4.11. The molecule has 2 rings (SSSR count). The first-order chi connectivity index (χ1) is 13.0. The molecule has 2 N–H and O–H groups in total. The zero-order valence-electron chi connectivity index (χ0n) is 14.5. The predicted molar refractivity (Wildman–Crippen MR) is 91.3 cm³/mol. The Hall–Kier alpha value is -2.66. The fourth-order valence-electron chi connectivity index (χ4n) is 2.14. The maximum absolute atomic E-state index is 13.2. The van der Waals surface area contributed by atoms with Crippen molar-refractivity contribution < 1.29 is 35.5 Å². The van der Waals surface area contributed by atoms with Crippen molar-refractivity contribution in [3.63, 3.8) is 0 Å². The van der Waals surface area contributed by atoms with Crippen molar-refractivity contribution in [3.8, 4) is 5.75 Å².